The van der Waals surface area contributed by atoms with Crippen LogP contribution in [0.15, 0.2) is 40.9 Å². The molecular weight excluding hydrogens is 438 g/mol. The highest BCUT2D eigenvalue weighted by Gasteiger charge is 2.38. The lowest BCUT2D eigenvalue weighted by Crippen LogP contribution is -2.43. The van der Waals surface area contributed by atoms with Gasteiger partial charge in [-0.2, -0.15) is 4.98 Å². The summed E-state index contributed by atoms with van der Waals surface area (Å²) in [5, 5.41) is 8.45. The number of aromatic nitrogens is 2. The van der Waals surface area contributed by atoms with E-state index in [0.29, 0.717) is 41.9 Å². The zero-order chi connectivity index (χ0) is 22.7. The van der Waals surface area contributed by atoms with Crippen molar-refractivity contribution in [1.82, 2.24) is 25.3 Å². The van der Waals surface area contributed by atoms with Gasteiger partial charge in [0.05, 0.1) is 12.6 Å². The van der Waals surface area contributed by atoms with Gasteiger partial charge in [-0.05, 0) is 61.2 Å². The molecule has 4 heterocycles. The first-order valence-corrected chi connectivity index (χ1v) is 11.8. The molecule has 3 aliphatic heterocycles. The molecule has 7 nitrogen and oxygen atoms in total. The molecule has 3 aromatic rings. The Morgan fingerprint density at radius 3 is 2.82 bits per heavy atom. The zero-order valence-corrected chi connectivity index (χ0v) is 19.5. The van der Waals surface area contributed by atoms with Crippen LogP contribution >= 0.6 is 11.6 Å². The van der Waals surface area contributed by atoms with Crippen LogP contribution in [-0.2, 0) is 13.1 Å². The Morgan fingerprint density at radius 1 is 1.27 bits per heavy atom. The monoisotopic (exact) mass is 463 g/mol. The number of nitrogens with zero attached hydrogens (tertiary/aromatic N) is 4. The number of halogens is 1. The Labute approximate surface area is 197 Å². The fourth-order valence-corrected chi connectivity index (χ4v) is 5.63. The normalized spacial score (nSPS) is 22.9. The molecule has 3 atom stereocenters. The summed E-state index contributed by atoms with van der Waals surface area (Å²) < 4.78 is 5.58. The Kier molecular flexibility index (Phi) is 5.01. The zero-order valence-electron chi connectivity index (χ0n) is 18.7. The predicted molar refractivity (Wildman–Crippen MR) is 125 cm³/mol. The maximum atomic E-state index is 13.2. The maximum Gasteiger partial charge on any atom is 0.255 e. The molecule has 170 valence electrons. The third-order valence-corrected chi connectivity index (χ3v) is 7.54. The van der Waals surface area contributed by atoms with Gasteiger partial charge in [0.25, 0.3) is 5.91 Å². The minimum Gasteiger partial charge on any atom is -0.338 e. The number of benzene rings is 2. The van der Waals surface area contributed by atoms with Crippen molar-refractivity contribution in [3.05, 3.63) is 69.6 Å². The highest BCUT2D eigenvalue weighted by atomic mass is 35.5. The number of piperazine rings is 1. The molecule has 3 aliphatic rings. The quantitative estimate of drug-likeness (QED) is 0.617. The predicted octanol–water partition coefficient (Wildman–Crippen LogP) is 3.96. The van der Waals surface area contributed by atoms with Gasteiger partial charge in [-0.1, -0.05) is 28.9 Å². The number of carbonyl (C=O) groups is 1. The molecule has 2 aromatic carbocycles. The van der Waals surface area contributed by atoms with Crippen molar-refractivity contribution >= 4 is 17.5 Å². The van der Waals surface area contributed by atoms with Crippen molar-refractivity contribution in [3.63, 3.8) is 0 Å². The van der Waals surface area contributed by atoms with Crippen LogP contribution in [-0.4, -0.2) is 51.0 Å². The van der Waals surface area contributed by atoms with E-state index in [4.69, 9.17) is 16.1 Å². The number of fused-ring (bicyclic) bond motifs is 3. The largest absolute Gasteiger partial charge is 0.338 e. The summed E-state index contributed by atoms with van der Waals surface area (Å²) in [5.41, 5.74) is 4.67. The van der Waals surface area contributed by atoms with E-state index < -0.39 is 0 Å². The fraction of sp³-hybridized carbons (Fsp3) is 0.400. The molecule has 33 heavy (non-hydrogen) atoms. The van der Waals surface area contributed by atoms with Crippen LogP contribution in [0.3, 0.4) is 0 Å². The molecule has 2 bridgehead atoms. The third-order valence-electron chi connectivity index (χ3n) is 7.29. The van der Waals surface area contributed by atoms with Gasteiger partial charge in [-0.15, -0.1) is 0 Å². The lowest BCUT2D eigenvalue weighted by Gasteiger charge is -2.25. The molecule has 0 aliphatic carbocycles. The van der Waals surface area contributed by atoms with Crippen molar-refractivity contribution in [2.75, 3.05) is 13.1 Å². The molecule has 1 N–H and O–H groups in total. The second-order valence-corrected chi connectivity index (χ2v) is 9.86. The minimum absolute atomic E-state index is 0.0490. The summed E-state index contributed by atoms with van der Waals surface area (Å²) in [5.74, 6) is 1.28. The van der Waals surface area contributed by atoms with Crippen molar-refractivity contribution in [2.45, 2.75) is 51.5 Å². The molecule has 0 unspecified atom stereocenters. The fourth-order valence-electron chi connectivity index (χ4n) is 5.50. The molecule has 1 aromatic heterocycles. The van der Waals surface area contributed by atoms with Gasteiger partial charge in [-0.25, -0.2) is 0 Å². The standard InChI is InChI=1S/C25H26ClN5O2/c1-14-7-17(24-28-22(33-29-24)13-30-12-20-9-21(30)10-27-20)8-18-11-31(25(32)23(14)18)15(2)16-3-5-19(26)6-4-16/h3-8,15,20-21,27H,9-13H2,1-2H3/t15-,20-,21-/m0/s1. The average Bonchev–Trinajstić information content (AvgIpc) is 3.58. The van der Waals surface area contributed by atoms with Crippen molar-refractivity contribution in [2.24, 2.45) is 0 Å². The molecule has 0 radical (unpaired) electrons. The molecule has 1 amide bonds. The van der Waals surface area contributed by atoms with E-state index in [1.54, 1.807) is 0 Å². The van der Waals surface area contributed by atoms with Crippen molar-refractivity contribution in [3.8, 4) is 11.4 Å². The minimum atomic E-state index is -0.0490. The molecule has 8 heteroatoms. The Bertz CT molecular complexity index is 1220. The van der Waals surface area contributed by atoms with Gasteiger partial charge in [0.2, 0.25) is 11.7 Å². The van der Waals surface area contributed by atoms with E-state index in [9.17, 15) is 4.79 Å². The van der Waals surface area contributed by atoms with Crippen molar-refractivity contribution < 1.29 is 9.32 Å². The first kappa shape index (κ1) is 20.8. The summed E-state index contributed by atoms with van der Waals surface area (Å²) in [6, 6.07) is 12.8. The number of likely N-dealkylation sites (tertiary alicyclic amines) is 1. The van der Waals surface area contributed by atoms with Crippen LogP contribution in [0, 0.1) is 6.92 Å². The van der Waals surface area contributed by atoms with Gasteiger partial charge in [0, 0.05) is 47.9 Å². The topological polar surface area (TPSA) is 74.5 Å². The summed E-state index contributed by atoms with van der Waals surface area (Å²) in [6.45, 7) is 7.34. The van der Waals surface area contributed by atoms with Crippen LogP contribution < -0.4 is 5.32 Å². The maximum absolute atomic E-state index is 13.2. The van der Waals surface area contributed by atoms with Gasteiger partial charge in [0.1, 0.15) is 0 Å². The van der Waals surface area contributed by atoms with Gasteiger partial charge < -0.3 is 14.7 Å². The smallest absolute Gasteiger partial charge is 0.255 e. The van der Waals surface area contributed by atoms with E-state index in [2.05, 4.69) is 27.3 Å². The number of hydrogen-bond donors (Lipinski definition) is 1. The molecule has 2 saturated heterocycles. The van der Waals surface area contributed by atoms with Gasteiger partial charge >= 0.3 is 0 Å². The third kappa shape index (κ3) is 3.64. The summed E-state index contributed by atoms with van der Waals surface area (Å²) in [6.07, 6.45) is 1.20. The molecule has 0 spiro atoms. The average molecular weight is 464 g/mol. The highest BCUT2D eigenvalue weighted by molar-refractivity contribution is 6.30. The molecule has 2 fully saturated rings. The molecule has 6 rings (SSSR count). The lowest BCUT2D eigenvalue weighted by atomic mass is 10.00. The van der Waals surface area contributed by atoms with Gasteiger partial charge in [0.15, 0.2) is 0 Å². The molecule has 0 saturated carbocycles. The van der Waals surface area contributed by atoms with Crippen LogP contribution in [0.1, 0.15) is 52.3 Å². The first-order valence-electron chi connectivity index (χ1n) is 11.5. The lowest BCUT2D eigenvalue weighted by molar-refractivity contribution is 0.0715. The second-order valence-electron chi connectivity index (χ2n) is 9.42. The van der Waals surface area contributed by atoms with Crippen LogP contribution in [0.25, 0.3) is 11.4 Å². The van der Waals surface area contributed by atoms with E-state index in [1.807, 2.05) is 48.2 Å². The first-order chi connectivity index (χ1) is 16.0. The SMILES string of the molecule is Cc1cc(-c2noc(CN3C[C@@H]4C[C@H]3CN4)n2)cc2c1C(=O)N([C@@H](C)c1ccc(Cl)cc1)C2. The number of amides is 1. The summed E-state index contributed by atoms with van der Waals surface area (Å²) >= 11 is 6.03. The van der Waals surface area contributed by atoms with Crippen molar-refractivity contribution in [1.29, 1.82) is 0 Å². The van der Waals surface area contributed by atoms with Crippen LogP contribution in [0.2, 0.25) is 5.02 Å². The Morgan fingerprint density at radius 2 is 2.09 bits per heavy atom. The number of hydrogen-bond acceptors (Lipinski definition) is 6. The van der Waals surface area contributed by atoms with Crippen LogP contribution in [0.4, 0.5) is 0 Å². The Balaban J connectivity index is 1.23. The van der Waals surface area contributed by atoms with Gasteiger partial charge in [-0.3, -0.25) is 9.69 Å². The Hall–Kier alpha value is -2.74. The van der Waals surface area contributed by atoms with E-state index in [-0.39, 0.29) is 11.9 Å². The van der Waals surface area contributed by atoms with E-state index in [1.165, 1.54) is 6.42 Å². The number of aryl methyl sites for hydroxylation is 1. The summed E-state index contributed by atoms with van der Waals surface area (Å²) in [7, 11) is 0. The molecular formula is C25H26ClN5O2. The number of nitrogens with one attached hydrogen (secondary N) is 1. The summed E-state index contributed by atoms with van der Waals surface area (Å²) in [4.78, 5) is 22.2. The number of rotatable bonds is 5. The number of carbonyl (C=O) groups excluding carboxylic acids is 1. The highest BCUT2D eigenvalue weighted by Crippen LogP contribution is 2.35. The van der Waals surface area contributed by atoms with E-state index in [0.717, 1.165) is 40.9 Å². The van der Waals surface area contributed by atoms with E-state index >= 15 is 0 Å². The second kappa shape index (κ2) is 7.94. The van der Waals surface area contributed by atoms with Crippen LogP contribution in [0.5, 0.6) is 0 Å².